The molecule has 5 nitrogen and oxygen atoms in total. The van der Waals surface area contributed by atoms with Crippen LogP contribution in [0.25, 0.3) is 0 Å². The van der Waals surface area contributed by atoms with Crippen molar-refractivity contribution in [2.45, 2.75) is 66.1 Å². The van der Waals surface area contributed by atoms with Gasteiger partial charge in [-0.05, 0) is 40.5 Å². The summed E-state index contributed by atoms with van der Waals surface area (Å²) in [6.45, 7) is 13.3. The molecule has 0 unspecified atom stereocenters. The van der Waals surface area contributed by atoms with Gasteiger partial charge in [-0.1, -0.05) is 13.8 Å². The van der Waals surface area contributed by atoms with E-state index in [1.807, 2.05) is 34.6 Å². The fraction of sp³-hybridized carbons (Fsp3) is 0.875. The van der Waals surface area contributed by atoms with E-state index in [1.54, 1.807) is 0 Å². The molecule has 0 N–H and O–H groups in total. The average Bonchev–Trinajstić information content (AvgIpc) is 2.38. The Hall–Kier alpha value is -0.940. The lowest BCUT2D eigenvalue weighted by molar-refractivity contribution is -0.156. The summed E-state index contributed by atoms with van der Waals surface area (Å²) in [6.07, 6.45) is 1.85. The molecule has 0 bridgehead atoms. The zero-order chi connectivity index (χ0) is 16.5. The zero-order valence-corrected chi connectivity index (χ0v) is 14.4. The Bertz CT molecular complexity index is 315. The minimum atomic E-state index is -0.431. The van der Waals surface area contributed by atoms with E-state index in [1.165, 1.54) is 6.92 Å². The van der Waals surface area contributed by atoms with Gasteiger partial charge in [0.1, 0.15) is 12.2 Å². The Morgan fingerprint density at radius 2 is 1.67 bits per heavy atom. The van der Waals surface area contributed by atoms with Crippen molar-refractivity contribution in [2.24, 2.45) is 0 Å². The summed E-state index contributed by atoms with van der Waals surface area (Å²) in [6, 6.07) is 0. The molecule has 1 rings (SSSR count). The smallest absolute Gasteiger partial charge is 0.320 e. The Kier molecular flexibility index (Phi) is 9.46. The van der Waals surface area contributed by atoms with Crippen molar-refractivity contribution < 1.29 is 19.1 Å². The van der Waals surface area contributed by atoms with Crippen molar-refractivity contribution >= 4 is 11.8 Å². The number of ketones is 1. The number of nitrogens with zero attached hydrogens (tertiary/aromatic N) is 1. The van der Waals surface area contributed by atoms with Gasteiger partial charge in [-0.2, -0.15) is 0 Å². The maximum atomic E-state index is 11.7. The van der Waals surface area contributed by atoms with Crippen molar-refractivity contribution in [3.05, 3.63) is 0 Å². The SMILES string of the molecule is CC.CC(=O)COC1CCN(CC(=O)OC(C)(C)C)CC1. The largest absolute Gasteiger partial charge is 0.459 e. The summed E-state index contributed by atoms with van der Waals surface area (Å²) in [5.41, 5.74) is -0.431. The zero-order valence-electron chi connectivity index (χ0n) is 14.4. The standard InChI is InChI=1S/C14H25NO4.C2H6/c1-11(16)10-18-12-5-7-15(8-6-12)9-13(17)19-14(2,3)4;1-2/h12H,5-10H2,1-4H3;1-2H3. The summed E-state index contributed by atoms with van der Waals surface area (Å²) >= 11 is 0. The first-order valence-electron chi connectivity index (χ1n) is 7.81. The molecular formula is C16H31NO4. The highest BCUT2D eigenvalue weighted by Crippen LogP contribution is 2.14. The molecule has 0 atom stereocenters. The summed E-state index contributed by atoms with van der Waals surface area (Å²) in [5, 5.41) is 0. The van der Waals surface area contributed by atoms with E-state index in [9.17, 15) is 9.59 Å². The van der Waals surface area contributed by atoms with Crippen LogP contribution in [0.3, 0.4) is 0 Å². The third-order valence-corrected chi connectivity index (χ3v) is 2.83. The highest BCUT2D eigenvalue weighted by atomic mass is 16.6. The molecule has 124 valence electrons. The first kappa shape index (κ1) is 20.1. The van der Waals surface area contributed by atoms with Gasteiger partial charge < -0.3 is 9.47 Å². The van der Waals surface area contributed by atoms with Gasteiger partial charge in [0.25, 0.3) is 0 Å². The van der Waals surface area contributed by atoms with Gasteiger partial charge in [-0.25, -0.2) is 0 Å². The first-order chi connectivity index (χ1) is 9.76. The lowest BCUT2D eigenvalue weighted by Crippen LogP contribution is -2.41. The minimum absolute atomic E-state index is 0.0520. The van der Waals surface area contributed by atoms with Crippen LogP contribution >= 0.6 is 0 Å². The van der Waals surface area contributed by atoms with Gasteiger partial charge in [-0.15, -0.1) is 0 Å². The minimum Gasteiger partial charge on any atom is -0.459 e. The first-order valence-corrected chi connectivity index (χ1v) is 7.81. The fourth-order valence-corrected chi connectivity index (χ4v) is 2.03. The Morgan fingerprint density at radius 3 is 2.10 bits per heavy atom. The van der Waals surface area contributed by atoms with Gasteiger partial charge in [0, 0.05) is 13.1 Å². The van der Waals surface area contributed by atoms with Gasteiger partial charge in [0.2, 0.25) is 0 Å². The van der Waals surface area contributed by atoms with Crippen molar-refractivity contribution in [1.82, 2.24) is 4.90 Å². The van der Waals surface area contributed by atoms with E-state index in [2.05, 4.69) is 4.90 Å². The van der Waals surface area contributed by atoms with E-state index >= 15 is 0 Å². The van der Waals surface area contributed by atoms with E-state index in [0.717, 1.165) is 25.9 Å². The van der Waals surface area contributed by atoms with Crippen LogP contribution < -0.4 is 0 Å². The van der Waals surface area contributed by atoms with Crippen molar-refractivity contribution in [3.63, 3.8) is 0 Å². The number of esters is 1. The van der Waals surface area contributed by atoms with Crippen LogP contribution in [0.5, 0.6) is 0 Å². The molecule has 1 aliphatic rings. The molecule has 0 saturated carbocycles. The maximum Gasteiger partial charge on any atom is 0.320 e. The predicted octanol–water partition coefficient (Wildman–Crippen LogP) is 2.42. The van der Waals surface area contributed by atoms with Crippen LogP contribution in [-0.2, 0) is 19.1 Å². The highest BCUT2D eigenvalue weighted by molar-refractivity contribution is 5.76. The Labute approximate surface area is 129 Å². The second kappa shape index (κ2) is 9.90. The number of rotatable bonds is 5. The Morgan fingerprint density at radius 1 is 1.14 bits per heavy atom. The van der Waals surface area contributed by atoms with Gasteiger partial charge >= 0.3 is 5.97 Å². The summed E-state index contributed by atoms with van der Waals surface area (Å²) in [7, 11) is 0. The molecule has 1 saturated heterocycles. The number of hydrogen-bond donors (Lipinski definition) is 0. The second-order valence-electron chi connectivity index (χ2n) is 6.07. The normalized spacial score (nSPS) is 16.9. The lowest BCUT2D eigenvalue weighted by atomic mass is 10.1. The molecule has 0 radical (unpaired) electrons. The molecule has 5 heteroatoms. The molecule has 1 aliphatic heterocycles. The van der Waals surface area contributed by atoms with Gasteiger partial charge in [0.15, 0.2) is 5.78 Å². The van der Waals surface area contributed by atoms with Crippen LogP contribution in [0.15, 0.2) is 0 Å². The number of likely N-dealkylation sites (tertiary alicyclic amines) is 1. The van der Waals surface area contributed by atoms with Crippen molar-refractivity contribution in [1.29, 1.82) is 0 Å². The number of carbonyl (C=O) groups is 2. The second-order valence-corrected chi connectivity index (χ2v) is 6.07. The summed E-state index contributed by atoms with van der Waals surface area (Å²) < 4.78 is 10.8. The van der Waals surface area contributed by atoms with Crippen LogP contribution in [0.4, 0.5) is 0 Å². The number of piperidine rings is 1. The molecule has 0 aromatic heterocycles. The number of carbonyl (C=O) groups excluding carboxylic acids is 2. The molecule has 1 fully saturated rings. The fourth-order valence-electron chi connectivity index (χ4n) is 2.03. The molecule has 0 spiro atoms. The number of Topliss-reactive ketones (excluding diaryl/α,β-unsaturated/α-hetero) is 1. The van der Waals surface area contributed by atoms with Gasteiger partial charge in [0.05, 0.1) is 12.6 Å². The van der Waals surface area contributed by atoms with Crippen molar-refractivity contribution in [3.8, 4) is 0 Å². The van der Waals surface area contributed by atoms with Gasteiger partial charge in [-0.3, -0.25) is 14.5 Å². The van der Waals surface area contributed by atoms with E-state index in [0.29, 0.717) is 6.54 Å². The Balaban J connectivity index is 0.00000191. The van der Waals surface area contributed by atoms with Crippen LogP contribution in [0.2, 0.25) is 0 Å². The maximum absolute atomic E-state index is 11.7. The van der Waals surface area contributed by atoms with E-state index in [4.69, 9.17) is 9.47 Å². The number of hydrogen-bond acceptors (Lipinski definition) is 5. The lowest BCUT2D eigenvalue weighted by Gasteiger charge is -2.31. The molecule has 0 aromatic rings. The third-order valence-electron chi connectivity index (χ3n) is 2.83. The third kappa shape index (κ3) is 10.4. The average molecular weight is 301 g/mol. The summed E-state index contributed by atoms with van der Waals surface area (Å²) in [5.74, 6) is -0.133. The van der Waals surface area contributed by atoms with E-state index in [-0.39, 0.29) is 24.5 Å². The van der Waals surface area contributed by atoms with Crippen LogP contribution in [0, 0.1) is 0 Å². The predicted molar refractivity (Wildman–Crippen MR) is 83.3 cm³/mol. The molecule has 21 heavy (non-hydrogen) atoms. The van der Waals surface area contributed by atoms with Crippen LogP contribution in [-0.4, -0.2) is 54.6 Å². The van der Waals surface area contributed by atoms with E-state index < -0.39 is 5.60 Å². The molecule has 0 aromatic carbocycles. The molecular weight excluding hydrogens is 270 g/mol. The molecule has 0 aliphatic carbocycles. The monoisotopic (exact) mass is 301 g/mol. The molecule has 0 amide bonds. The quantitative estimate of drug-likeness (QED) is 0.730. The highest BCUT2D eigenvalue weighted by Gasteiger charge is 2.24. The molecule has 1 heterocycles. The number of ether oxygens (including phenoxy) is 2. The topological polar surface area (TPSA) is 55.8 Å². The van der Waals surface area contributed by atoms with Crippen molar-refractivity contribution in [2.75, 3.05) is 26.2 Å². The summed E-state index contributed by atoms with van der Waals surface area (Å²) in [4.78, 5) is 24.6. The van der Waals surface area contributed by atoms with Crippen LogP contribution in [0.1, 0.15) is 54.4 Å².